The molecule has 0 saturated carbocycles. The number of carbonyl (C=O) groups is 2. The Morgan fingerprint density at radius 1 is 1.17 bits per heavy atom. The molecule has 0 N–H and O–H groups in total. The zero-order chi connectivity index (χ0) is 20.2. The van der Waals surface area contributed by atoms with Crippen LogP contribution < -0.4 is 0 Å². The summed E-state index contributed by atoms with van der Waals surface area (Å²) in [6.45, 7) is 2.46. The van der Waals surface area contributed by atoms with Gasteiger partial charge in [-0.15, -0.1) is 10.2 Å². The summed E-state index contributed by atoms with van der Waals surface area (Å²) in [7, 11) is 1.53. The highest BCUT2D eigenvalue weighted by atomic mass is 16.5. The summed E-state index contributed by atoms with van der Waals surface area (Å²) < 4.78 is 7.13. The van der Waals surface area contributed by atoms with Crippen LogP contribution in [0.4, 0.5) is 0 Å². The largest absolute Gasteiger partial charge is 0.375 e. The van der Waals surface area contributed by atoms with Crippen LogP contribution in [0.15, 0.2) is 18.6 Å². The minimum atomic E-state index is -0.109. The number of carbonyl (C=O) groups excluding carboxylic acids is 2. The van der Waals surface area contributed by atoms with Crippen molar-refractivity contribution in [2.45, 2.75) is 38.3 Å². The molecule has 4 rings (SSSR count). The molecule has 10 heteroatoms. The van der Waals surface area contributed by atoms with Crippen LogP contribution in [-0.2, 0) is 22.5 Å². The van der Waals surface area contributed by atoms with Gasteiger partial charge in [-0.1, -0.05) is 0 Å². The molecule has 0 spiro atoms. The second-order valence-electron chi connectivity index (χ2n) is 7.29. The monoisotopic (exact) mass is 399 g/mol. The standard InChI is InChI=1S/C19H25N7O3/c1-29-12-17(27)25-8-3-2-4-15(25)18-23-22-16-6-9-24(10-11-26(16)18)19(28)14-5-7-20-13-21-14/h5,7,13,15H,2-4,6,8-12H2,1H3. The summed E-state index contributed by atoms with van der Waals surface area (Å²) in [4.78, 5) is 36.8. The van der Waals surface area contributed by atoms with E-state index in [4.69, 9.17) is 4.74 Å². The molecule has 1 atom stereocenters. The number of methoxy groups -OCH3 is 1. The van der Waals surface area contributed by atoms with Gasteiger partial charge in [0.15, 0.2) is 5.82 Å². The van der Waals surface area contributed by atoms with Gasteiger partial charge in [0, 0.05) is 45.9 Å². The Morgan fingerprint density at radius 2 is 2.07 bits per heavy atom. The lowest BCUT2D eigenvalue weighted by atomic mass is 10.0. The molecule has 1 fully saturated rings. The molecule has 2 aromatic rings. The average Bonchev–Trinajstić information content (AvgIpc) is 3.05. The van der Waals surface area contributed by atoms with Crippen LogP contribution in [-0.4, -0.2) is 79.7 Å². The molecule has 0 aromatic carbocycles. The molecular weight excluding hydrogens is 374 g/mol. The molecular formula is C19H25N7O3. The number of piperidine rings is 1. The van der Waals surface area contributed by atoms with Crippen LogP contribution in [0.1, 0.15) is 47.4 Å². The van der Waals surface area contributed by atoms with Crippen molar-refractivity contribution in [2.24, 2.45) is 0 Å². The van der Waals surface area contributed by atoms with Crippen molar-refractivity contribution in [3.05, 3.63) is 35.9 Å². The van der Waals surface area contributed by atoms with E-state index < -0.39 is 0 Å². The van der Waals surface area contributed by atoms with Gasteiger partial charge in [-0.05, 0) is 25.3 Å². The maximum Gasteiger partial charge on any atom is 0.272 e. The Kier molecular flexibility index (Phi) is 5.79. The summed E-state index contributed by atoms with van der Waals surface area (Å²) in [5.74, 6) is 1.52. The first-order chi connectivity index (χ1) is 14.2. The third-order valence-corrected chi connectivity index (χ3v) is 5.53. The highest BCUT2D eigenvalue weighted by Crippen LogP contribution is 2.31. The molecule has 10 nitrogen and oxygen atoms in total. The Morgan fingerprint density at radius 3 is 2.86 bits per heavy atom. The third-order valence-electron chi connectivity index (χ3n) is 5.53. The van der Waals surface area contributed by atoms with E-state index in [1.807, 2.05) is 4.90 Å². The first-order valence-corrected chi connectivity index (χ1v) is 9.94. The molecule has 0 radical (unpaired) electrons. The van der Waals surface area contributed by atoms with E-state index in [1.165, 1.54) is 13.4 Å². The zero-order valence-corrected chi connectivity index (χ0v) is 16.5. The third kappa shape index (κ3) is 3.98. The van der Waals surface area contributed by atoms with Crippen LogP contribution >= 0.6 is 0 Å². The highest BCUT2D eigenvalue weighted by Gasteiger charge is 2.33. The topological polar surface area (TPSA) is 106 Å². The van der Waals surface area contributed by atoms with E-state index in [1.54, 1.807) is 17.2 Å². The SMILES string of the molecule is COCC(=O)N1CCCCC1c1nnc2n1CCN(C(=O)c1ccncn1)CC2. The second-order valence-corrected chi connectivity index (χ2v) is 7.29. The molecule has 154 valence electrons. The smallest absolute Gasteiger partial charge is 0.272 e. The second kappa shape index (κ2) is 8.64. The fourth-order valence-electron chi connectivity index (χ4n) is 4.08. The van der Waals surface area contributed by atoms with Gasteiger partial charge >= 0.3 is 0 Å². The molecule has 1 saturated heterocycles. The lowest BCUT2D eigenvalue weighted by Gasteiger charge is -2.35. The van der Waals surface area contributed by atoms with Crippen molar-refractivity contribution >= 4 is 11.8 Å². The first kappa shape index (κ1) is 19.4. The van der Waals surface area contributed by atoms with Gasteiger partial charge in [0.25, 0.3) is 5.91 Å². The van der Waals surface area contributed by atoms with E-state index in [2.05, 4.69) is 24.7 Å². The van der Waals surface area contributed by atoms with Crippen molar-refractivity contribution in [1.29, 1.82) is 0 Å². The van der Waals surface area contributed by atoms with Gasteiger partial charge in [-0.3, -0.25) is 9.59 Å². The van der Waals surface area contributed by atoms with Gasteiger partial charge in [0.05, 0.1) is 6.04 Å². The number of hydrogen-bond donors (Lipinski definition) is 0. The number of amides is 2. The van der Waals surface area contributed by atoms with Crippen molar-refractivity contribution in [3.8, 4) is 0 Å². The fraction of sp³-hybridized carbons (Fsp3) is 0.579. The number of ether oxygens (including phenoxy) is 1. The maximum absolute atomic E-state index is 12.7. The Bertz CT molecular complexity index is 870. The van der Waals surface area contributed by atoms with Gasteiger partial charge in [0.2, 0.25) is 5.91 Å². The molecule has 0 bridgehead atoms. The molecule has 2 aliphatic heterocycles. The molecule has 2 aliphatic rings. The maximum atomic E-state index is 12.7. The summed E-state index contributed by atoms with van der Waals surface area (Å²) in [5.41, 5.74) is 0.390. The number of aromatic nitrogens is 5. The summed E-state index contributed by atoms with van der Waals surface area (Å²) in [6.07, 6.45) is 6.45. The molecule has 4 heterocycles. The van der Waals surface area contributed by atoms with Crippen LogP contribution in [0.2, 0.25) is 0 Å². The van der Waals surface area contributed by atoms with Crippen LogP contribution in [0.5, 0.6) is 0 Å². The fourth-order valence-corrected chi connectivity index (χ4v) is 4.08. The number of nitrogens with zero attached hydrogens (tertiary/aromatic N) is 7. The quantitative estimate of drug-likeness (QED) is 0.735. The number of rotatable bonds is 4. The number of fused-ring (bicyclic) bond motifs is 1. The molecule has 2 aromatic heterocycles. The lowest BCUT2D eigenvalue weighted by molar-refractivity contribution is -0.139. The van der Waals surface area contributed by atoms with Crippen LogP contribution in [0, 0.1) is 0 Å². The first-order valence-electron chi connectivity index (χ1n) is 9.94. The van der Waals surface area contributed by atoms with E-state index >= 15 is 0 Å². The Balaban J connectivity index is 1.52. The number of likely N-dealkylation sites (tertiary alicyclic amines) is 1. The summed E-state index contributed by atoms with van der Waals surface area (Å²) in [5, 5.41) is 8.82. The van der Waals surface area contributed by atoms with Gasteiger partial charge < -0.3 is 19.1 Å². The average molecular weight is 399 g/mol. The molecule has 2 amide bonds. The van der Waals surface area contributed by atoms with Gasteiger partial charge in [-0.25, -0.2) is 9.97 Å². The summed E-state index contributed by atoms with van der Waals surface area (Å²) in [6, 6.07) is 1.52. The van der Waals surface area contributed by atoms with Crippen molar-refractivity contribution in [2.75, 3.05) is 33.4 Å². The molecule has 1 unspecified atom stereocenters. The Labute approximate surface area is 168 Å². The van der Waals surface area contributed by atoms with E-state index in [-0.39, 0.29) is 24.5 Å². The highest BCUT2D eigenvalue weighted by molar-refractivity contribution is 5.92. The van der Waals surface area contributed by atoms with Gasteiger partial charge in [0.1, 0.15) is 24.5 Å². The lowest BCUT2D eigenvalue weighted by Crippen LogP contribution is -2.41. The summed E-state index contributed by atoms with van der Waals surface area (Å²) >= 11 is 0. The van der Waals surface area contributed by atoms with Crippen LogP contribution in [0.3, 0.4) is 0 Å². The van der Waals surface area contributed by atoms with E-state index in [0.29, 0.717) is 38.3 Å². The van der Waals surface area contributed by atoms with Crippen molar-refractivity contribution in [3.63, 3.8) is 0 Å². The van der Waals surface area contributed by atoms with E-state index in [9.17, 15) is 9.59 Å². The minimum absolute atomic E-state index is 0.0243. The minimum Gasteiger partial charge on any atom is -0.375 e. The normalized spacial score (nSPS) is 19.6. The number of hydrogen-bond acceptors (Lipinski definition) is 7. The predicted molar refractivity (Wildman–Crippen MR) is 102 cm³/mol. The molecule has 0 aliphatic carbocycles. The van der Waals surface area contributed by atoms with Crippen molar-refractivity contribution in [1.82, 2.24) is 34.5 Å². The predicted octanol–water partition coefficient (Wildman–Crippen LogP) is 0.467. The van der Waals surface area contributed by atoms with Crippen molar-refractivity contribution < 1.29 is 14.3 Å². The zero-order valence-electron chi connectivity index (χ0n) is 16.5. The Hall–Kier alpha value is -2.88. The van der Waals surface area contributed by atoms with Gasteiger partial charge in [-0.2, -0.15) is 0 Å². The van der Waals surface area contributed by atoms with Crippen LogP contribution in [0.25, 0.3) is 0 Å². The van der Waals surface area contributed by atoms with E-state index in [0.717, 1.165) is 30.9 Å². The molecule has 29 heavy (non-hydrogen) atoms.